The fraction of sp³-hybridized carbons (Fsp3) is 0.118. The molecule has 6 rings (SSSR count). The average Bonchev–Trinajstić information content (AvgIpc) is 3.32. The molecule has 0 aliphatic carbocycles. The van der Waals surface area contributed by atoms with E-state index in [1.54, 1.807) is 0 Å². The third kappa shape index (κ3) is 3.75. The quantitative estimate of drug-likeness (QED) is 0.195. The van der Waals surface area contributed by atoms with E-state index in [2.05, 4.69) is 123 Å². The van der Waals surface area contributed by atoms with Crippen molar-refractivity contribution in [1.29, 1.82) is 5.26 Å². The number of furan rings is 1. The summed E-state index contributed by atoms with van der Waals surface area (Å²) in [5.74, 6) is 0. The molecule has 38 heavy (non-hydrogen) atoms. The van der Waals surface area contributed by atoms with Gasteiger partial charge >= 0.3 is 0 Å². The van der Waals surface area contributed by atoms with Crippen LogP contribution in [0.4, 0.5) is 0 Å². The highest BCUT2D eigenvalue weighted by Crippen LogP contribution is 2.41. The molecule has 0 aliphatic rings. The van der Waals surface area contributed by atoms with Crippen LogP contribution < -0.4 is 14.9 Å². The summed E-state index contributed by atoms with van der Waals surface area (Å²) in [6, 6.07) is 36.4. The smallest absolute Gasteiger partial charge is 0.216 e. The first-order valence-corrected chi connectivity index (χ1v) is 15.9. The summed E-state index contributed by atoms with van der Waals surface area (Å²) in [5.41, 5.74) is 7.45. The van der Waals surface area contributed by atoms with Crippen LogP contribution in [-0.2, 0) is 7.05 Å². The van der Waals surface area contributed by atoms with Crippen molar-refractivity contribution in [2.45, 2.75) is 20.0 Å². The maximum absolute atomic E-state index is 10.1. The van der Waals surface area contributed by atoms with Gasteiger partial charge in [-0.1, -0.05) is 90.2 Å². The van der Waals surface area contributed by atoms with Crippen molar-refractivity contribution in [3.8, 4) is 28.5 Å². The molecular weight excluding hydrogens is 480 g/mol. The third-order valence-electron chi connectivity index (χ3n) is 7.82. The van der Waals surface area contributed by atoms with E-state index in [1.165, 1.54) is 10.4 Å². The maximum Gasteiger partial charge on any atom is 0.216 e. The summed E-state index contributed by atoms with van der Waals surface area (Å²) in [6.45, 7) is 6.88. The number of rotatable bonds is 4. The number of nitriles is 1. The minimum absolute atomic E-state index is 0.622. The zero-order valence-electron chi connectivity index (χ0n) is 22.1. The molecule has 0 amide bonds. The van der Waals surface area contributed by atoms with Crippen LogP contribution in [0.3, 0.4) is 0 Å². The van der Waals surface area contributed by atoms with Gasteiger partial charge in [0.1, 0.15) is 26.3 Å². The fourth-order valence-corrected chi connectivity index (χ4v) is 7.96. The van der Waals surface area contributed by atoms with Gasteiger partial charge in [-0.3, -0.25) is 0 Å². The van der Waals surface area contributed by atoms with Gasteiger partial charge in [0.05, 0.1) is 17.2 Å². The third-order valence-corrected chi connectivity index (χ3v) is 11.3. The number of fused-ring (bicyclic) bond motifs is 3. The lowest BCUT2D eigenvalue weighted by Crippen LogP contribution is -2.52. The molecule has 0 unspecified atom stereocenters. The lowest BCUT2D eigenvalue weighted by atomic mass is 9.96. The molecule has 0 radical (unpaired) electrons. The second-order valence-electron chi connectivity index (χ2n) is 10.5. The van der Waals surface area contributed by atoms with Crippen LogP contribution in [0, 0.1) is 18.3 Å². The highest BCUT2D eigenvalue weighted by atomic mass is 28.3. The molecule has 0 saturated carbocycles. The van der Waals surface area contributed by atoms with E-state index in [0.717, 1.165) is 49.9 Å². The summed E-state index contributed by atoms with van der Waals surface area (Å²) in [5, 5.41) is 14.9. The molecule has 0 spiro atoms. The Labute approximate surface area is 224 Å². The van der Waals surface area contributed by atoms with Crippen molar-refractivity contribution < 1.29 is 8.98 Å². The number of aryl methyl sites for hydroxylation is 2. The maximum atomic E-state index is 10.1. The van der Waals surface area contributed by atoms with E-state index in [4.69, 9.17) is 4.42 Å². The lowest BCUT2D eigenvalue weighted by molar-refractivity contribution is -0.660. The van der Waals surface area contributed by atoms with E-state index < -0.39 is 8.07 Å². The SMILES string of the molecule is Cc1ccc2c(oc3c(-c4cccc([Si](C)(C)c5ccccc5)c4)c(C#N)ccc32)c1-c1cccc[n+]1C. The van der Waals surface area contributed by atoms with Crippen LogP contribution in [0.25, 0.3) is 44.3 Å². The number of pyridine rings is 1. The van der Waals surface area contributed by atoms with Crippen molar-refractivity contribution in [2.75, 3.05) is 0 Å². The summed E-state index contributed by atoms with van der Waals surface area (Å²) >= 11 is 0. The zero-order chi connectivity index (χ0) is 26.4. The molecule has 3 nitrogen and oxygen atoms in total. The van der Waals surface area contributed by atoms with Crippen molar-refractivity contribution in [1.82, 2.24) is 0 Å². The molecular formula is C34H29N2OSi+. The van der Waals surface area contributed by atoms with Gasteiger partial charge in [0.25, 0.3) is 0 Å². The van der Waals surface area contributed by atoms with Crippen molar-refractivity contribution in [3.63, 3.8) is 0 Å². The van der Waals surface area contributed by atoms with E-state index in [-0.39, 0.29) is 0 Å². The molecule has 2 aromatic heterocycles. The van der Waals surface area contributed by atoms with Crippen LogP contribution in [0.1, 0.15) is 11.1 Å². The Kier molecular flexibility index (Phi) is 5.74. The summed E-state index contributed by atoms with van der Waals surface area (Å²) in [7, 11) is 0.125. The standard InChI is InChI=1S/C34H29N2OSi/c1-23-16-18-28-29-19-17-25(22-35)32(34(29)37-33(28)31(23)30-15-8-9-20-36(30)2)24-11-10-14-27(21-24)38(3,4)26-12-6-5-7-13-26/h5-21H,1-4H3/q+1. The predicted molar refractivity (Wildman–Crippen MR) is 158 cm³/mol. The van der Waals surface area contributed by atoms with Crippen LogP contribution >= 0.6 is 0 Å². The van der Waals surface area contributed by atoms with Crippen LogP contribution in [0.15, 0.2) is 108 Å². The average molecular weight is 510 g/mol. The molecule has 184 valence electrons. The van der Waals surface area contributed by atoms with E-state index in [0.29, 0.717) is 5.56 Å². The number of benzene rings is 4. The number of aromatic nitrogens is 1. The van der Waals surface area contributed by atoms with E-state index in [9.17, 15) is 5.26 Å². The zero-order valence-corrected chi connectivity index (χ0v) is 23.1. The molecule has 0 N–H and O–H groups in total. The van der Waals surface area contributed by atoms with Crippen LogP contribution in [-0.4, -0.2) is 8.07 Å². The molecule has 4 aromatic carbocycles. The molecule has 4 heteroatoms. The largest absolute Gasteiger partial charge is 0.454 e. The van der Waals surface area contributed by atoms with Gasteiger partial charge in [-0.15, -0.1) is 0 Å². The number of hydrogen-bond donors (Lipinski definition) is 0. The van der Waals surface area contributed by atoms with Gasteiger partial charge in [-0.2, -0.15) is 5.26 Å². The fourth-order valence-electron chi connectivity index (χ4n) is 5.57. The Balaban J connectivity index is 1.63. The first-order chi connectivity index (χ1) is 18.4. The van der Waals surface area contributed by atoms with Crippen molar-refractivity contribution in [3.05, 3.63) is 114 Å². The molecule has 6 aromatic rings. The number of nitrogens with zero attached hydrogens (tertiary/aromatic N) is 2. The normalized spacial score (nSPS) is 11.7. The van der Waals surface area contributed by atoms with Gasteiger partial charge in [0.15, 0.2) is 6.20 Å². The first kappa shape index (κ1) is 23.9. The Bertz CT molecular complexity index is 1880. The summed E-state index contributed by atoms with van der Waals surface area (Å²) in [6.07, 6.45) is 2.05. The van der Waals surface area contributed by atoms with Crippen LogP contribution in [0.2, 0.25) is 13.1 Å². The predicted octanol–water partition coefficient (Wildman–Crippen LogP) is 6.75. The second-order valence-corrected chi connectivity index (χ2v) is 14.9. The molecule has 0 aliphatic heterocycles. The Morgan fingerprint density at radius 2 is 1.42 bits per heavy atom. The Morgan fingerprint density at radius 3 is 2.16 bits per heavy atom. The second kappa shape index (κ2) is 9.13. The number of hydrogen-bond acceptors (Lipinski definition) is 2. The van der Waals surface area contributed by atoms with Crippen molar-refractivity contribution >= 4 is 40.4 Å². The first-order valence-electron chi connectivity index (χ1n) is 12.9. The minimum atomic E-state index is -1.93. The summed E-state index contributed by atoms with van der Waals surface area (Å²) in [4.78, 5) is 0. The van der Waals surface area contributed by atoms with Crippen LogP contribution in [0.5, 0.6) is 0 Å². The molecule has 0 fully saturated rings. The monoisotopic (exact) mass is 509 g/mol. The molecule has 0 atom stereocenters. The topological polar surface area (TPSA) is 40.8 Å². The van der Waals surface area contributed by atoms with Gasteiger partial charge in [0.2, 0.25) is 5.69 Å². The highest BCUT2D eigenvalue weighted by Gasteiger charge is 2.27. The van der Waals surface area contributed by atoms with Gasteiger partial charge < -0.3 is 4.42 Å². The van der Waals surface area contributed by atoms with E-state index in [1.807, 2.05) is 18.2 Å². The lowest BCUT2D eigenvalue weighted by Gasteiger charge is -2.24. The van der Waals surface area contributed by atoms with Gasteiger partial charge in [-0.05, 0) is 36.2 Å². The Hall–Kier alpha value is -4.46. The Morgan fingerprint density at radius 1 is 0.737 bits per heavy atom. The minimum Gasteiger partial charge on any atom is -0.454 e. The molecule has 0 saturated heterocycles. The summed E-state index contributed by atoms with van der Waals surface area (Å²) < 4.78 is 8.88. The highest BCUT2D eigenvalue weighted by molar-refractivity contribution is 7.00. The van der Waals surface area contributed by atoms with Gasteiger partial charge in [-0.25, -0.2) is 4.57 Å². The molecule has 2 heterocycles. The van der Waals surface area contributed by atoms with E-state index >= 15 is 0 Å². The van der Waals surface area contributed by atoms with Crippen molar-refractivity contribution in [2.24, 2.45) is 7.05 Å². The molecule has 0 bridgehead atoms. The van der Waals surface area contributed by atoms with Gasteiger partial charge in [0, 0.05) is 28.5 Å².